The van der Waals surface area contributed by atoms with Crippen molar-refractivity contribution in [2.45, 2.75) is 19.2 Å². The summed E-state index contributed by atoms with van der Waals surface area (Å²) >= 11 is 0. The highest BCUT2D eigenvalue weighted by Gasteiger charge is 2.33. The first-order valence-corrected chi connectivity index (χ1v) is 5.61. The molecule has 0 aliphatic carbocycles. The van der Waals surface area contributed by atoms with Gasteiger partial charge in [0.05, 0.1) is 18.3 Å². The van der Waals surface area contributed by atoms with Crippen molar-refractivity contribution in [1.82, 2.24) is 0 Å². The molecule has 0 aliphatic heterocycles. The Morgan fingerprint density at radius 2 is 2.00 bits per heavy atom. The molecular weight excluding hydrogens is 247 g/mol. The van der Waals surface area contributed by atoms with E-state index >= 15 is 0 Å². The van der Waals surface area contributed by atoms with Crippen molar-refractivity contribution in [3.8, 4) is 0 Å². The topological polar surface area (TPSA) is 41.5 Å². The normalized spacial score (nSPS) is 13.4. The maximum Gasteiger partial charge on any atom is 0.418 e. The standard InChI is InChI=1S/C12H16F3NO2/c1-2-18-8-9(17)7-16-11-6-4-3-5-10(11)12(13,14)15/h3-6,9,16-17H,2,7-8H2,1H3. The van der Waals surface area contributed by atoms with Gasteiger partial charge in [0, 0.05) is 18.8 Å². The van der Waals surface area contributed by atoms with Gasteiger partial charge in [0.1, 0.15) is 0 Å². The number of nitrogens with one attached hydrogen (secondary N) is 1. The molecule has 1 atom stereocenters. The van der Waals surface area contributed by atoms with Crippen LogP contribution in [0.25, 0.3) is 0 Å². The van der Waals surface area contributed by atoms with Crippen molar-refractivity contribution in [2.75, 3.05) is 25.1 Å². The quantitative estimate of drug-likeness (QED) is 0.828. The second-order valence-electron chi connectivity index (χ2n) is 3.74. The SMILES string of the molecule is CCOCC(O)CNc1ccccc1C(F)(F)F. The zero-order chi connectivity index (χ0) is 13.6. The first-order valence-electron chi connectivity index (χ1n) is 5.61. The molecule has 3 nitrogen and oxygen atoms in total. The van der Waals surface area contributed by atoms with E-state index in [4.69, 9.17) is 4.74 Å². The van der Waals surface area contributed by atoms with Gasteiger partial charge in [-0.1, -0.05) is 12.1 Å². The van der Waals surface area contributed by atoms with Gasteiger partial charge in [-0.05, 0) is 19.1 Å². The molecule has 0 heterocycles. The molecule has 0 aliphatic rings. The Kier molecular flexibility index (Phi) is 5.43. The van der Waals surface area contributed by atoms with Crippen LogP contribution in [0.3, 0.4) is 0 Å². The van der Waals surface area contributed by atoms with Crippen LogP contribution < -0.4 is 5.32 Å². The molecule has 0 radical (unpaired) electrons. The second kappa shape index (κ2) is 6.61. The van der Waals surface area contributed by atoms with Gasteiger partial charge in [0.2, 0.25) is 0 Å². The smallest absolute Gasteiger partial charge is 0.389 e. The van der Waals surface area contributed by atoms with Crippen LogP contribution in [-0.4, -0.2) is 31.0 Å². The highest BCUT2D eigenvalue weighted by Crippen LogP contribution is 2.34. The van der Waals surface area contributed by atoms with Crippen molar-refractivity contribution in [3.05, 3.63) is 29.8 Å². The van der Waals surface area contributed by atoms with Gasteiger partial charge in [-0.2, -0.15) is 13.2 Å². The summed E-state index contributed by atoms with van der Waals surface area (Å²) in [5.74, 6) is 0. The molecule has 18 heavy (non-hydrogen) atoms. The Hall–Kier alpha value is -1.27. The lowest BCUT2D eigenvalue weighted by molar-refractivity contribution is -0.137. The minimum atomic E-state index is -4.41. The monoisotopic (exact) mass is 263 g/mol. The summed E-state index contributed by atoms with van der Waals surface area (Å²) in [6.07, 6.45) is -5.25. The number of hydrogen-bond donors (Lipinski definition) is 2. The molecule has 0 saturated heterocycles. The Labute approximate surface area is 104 Å². The highest BCUT2D eigenvalue weighted by molar-refractivity contribution is 5.52. The predicted molar refractivity (Wildman–Crippen MR) is 62.4 cm³/mol. The van der Waals surface area contributed by atoms with Crippen LogP contribution in [0.5, 0.6) is 0 Å². The van der Waals surface area contributed by atoms with E-state index in [-0.39, 0.29) is 18.8 Å². The van der Waals surface area contributed by atoms with Gasteiger partial charge >= 0.3 is 6.18 Å². The van der Waals surface area contributed by atoms with E-state index in [0.717, 1.165) is 6.07 Å². The molecule has 0 aromatic heterocycles. The molecule has 1 unspecified atom stereocenters. The molecule has 0 amide bonds. The van der Waals surface area contributed by atoms with Gasteiger partial charge in [-0.15, -0.1) is 0 Å². The maximum absolute atomic E-state index is 12.6. The fourth-order valence-electron chi connectivity index (χ4n) is 1.43. The Balaban J connectivity index is 2.62. The molecule has 6 heteroatoms. The molecule has 1 rings (SSSR count). The number of rotatable bonds is 6. The summed E-state index contributed by atoms with van der Waals surface area (Å²) in [5.41, 5.74) is -0.783. The van der Waals surface area contributed by atoms with E-state index in [2.05, 4.69) is 5.32 Å². The molecule has 0 fully saturated rings. The summed E-state index contributed by atoms with van der Waals surface area (Å²) in [5, 5.41) is 12.0. The van der Waals surface area contributed by atoms with Crippen LogP contribution in [0.4, 0.5) is 18.9 Å². The number of aliphatic hydroxyl groups excluding tert-OH is 1. The fourth-order valence-corrected chi connectivity index (χ4v) is 1.43. The lowest BCUT2D eigenvalue weighted by Crippen LogP contribution is -2.25. The summed E-state index contributed by atoms with van der Waals surface area (Å²) < 4.78 is 42.9. The van der Waals surface area contributed by atoms with E-state index in [1.165, 1.54) is 18.2 Å². The number of ether oxygens (including phenoxy) is 1. The third-order valence-corrected chi connectivity index (χ3v) is 2.27. The highest BCUT2D eigenvalue weighted by atomic mass is 19.4. The molecule has 0 saturated carbocycles. The average Bonchev–Trinajstić information content (AvgIpc) is 2.33. The molecule has 1 aromatic rings. The van der Waals surface area contributed by atoms with E-state index in [0.29, 0.717) is 6.61 Å². The number of benzene rings is 1. The van der Waals surface area contributed by atoms with Crippen molar-refractivity contribution < 1.29 is 23.0 Å². The van der Waals surface area contributed by atoms with Gasteiger partial charge < -0.3 is 15.2 Å². The van der Waals surface area contributed by atoms with Crippen LogP contribution in [-0.2, 0) is 10.9 Å². The van der Waals surface area contributed by atoms with E-state index < -0.39 is 17.8 Å². The number of alkyl halides is 3. The van der Waals surface area contributed by atoms with Crippen molar-refractivity contribution in [2.24, 2.45) is 0 Å². The number of hydrogen-bond acceptors (Lipinski definition) is 3. The first kappa shape index (κ1) is 14.8. The third kappa shape index (κ3) is 4.54. The summed E-state index contributed by atoms with van der Waals surface area (Å²) in [7, 11) is 0. The second-order valence-corrected chi connectivity index (χ2v) is 3.74. The average molecular weight is 263 g/mol. The van der Waals surface area contributed by atoms with Crippen LogP contribution in [0.2, 0.25) is 0 Å². The summed E-state index contributed by atoms with van der Waals surface area (Å²) in [6, 6.07) is 5.16. The third-order valence-electron chi connectivity index (χ3n) is 2.27. The van der Waals surface area contributed by atoms with Crippen LogP contribution in [0.1, 0.15) is 12.5 Å². The zero-order valence-electron chi connectivity index (χ0n) is 10.00. The number of aliphatic hydroxyl groups is 1. The van der Waals surface area contributed by atoms with E-state index in [1.54, 1.807) is 6.92 Å². The number of anilines is 1. The molecule has 102 valence electrons. The maximum atomic E-state index is 12.6. The summed E-state index contributed by atoms with van der Waals surface area (Å²) in [4.78, 5) is 0. The number of para-hydroxylation sites is 1. The molecule has 0 bridgehead atoms. The minimum absolute atomic E-state index is 0.00704. The van der Waals surface area contributed by atoms with Crippen molar-refractivity contribution in [1.29, 1.82) is 0 Å². The minimum Gasteiger partial charge on any atom is -0.389 e. The van der Waals surface area contributed by atoms with Crippen LogP contribution in [0, 0.1) is 0 Å². The van der Waals surface area contributed by atoms with Crippen molar-refractivity contribution in [3.63, 3.8) is 0 Å². The summed E-state index contributed by atoms with van der Waals surface area (Å²) in [6.45, 7) is 2.33. The fraction of sp³-hybridized carbons (Fsp3) is 0.500. The largest absolute Gasteiger partial charge is 0.418 e. The van der Waals surface area contributed by atoms with Gasteiger partial charge in [-0.25, -0.2) is 0 Å². The molecule has 0 spiro atoms. The van der Waals surface area contributed by atoms with Crippen LogP contribution in [0.15, 0.2) is 24.3 Å². The predicted octanol–water partition coefficient (Wildman–Crippen LogP) is 2.51. The van der Waals surface area contributed by atoms with Crippen LogP contribution >= 0.6 is 0 Å². The molecule has 1 aromatic carbocycles. The lowest BCUT2D eigenvalue weighted by Gasteiger charge is -2.16. The van der Waals surface area contributed by atoms with Gasteiger partial charge in [0.25, 0.3) is 0 Å². The van der Waals surface area contributed by atoms with Gasteiger partial charge in [0.15, 0.2) is 0 Å². The van der Waals surface area contributed by atoms with E-state index in [1.807, 2.05) is 0 Å². The van der Waals surface area contributed by atoms with Crippen molar-refractivity contribution >= 4 is 5.69 Å². The lowest BCUT2D eigenvalue weighted by atomic mass is 10.1. The van der Waals surface area contributed by atoms with Gasteiger partial charge in [-0.3, -0.25) is 0 Å². The Morgan fingerprint density at radius 3 is 2.61 bits per heavy atom. The zero-order valence-corrected chi connectivity index (χ0v) is 10.00. The number of halogens is 3. The molecule has 2 N–H and O–H groups in total. The molecular formula is C12H16F3NO2. The van der Waals surface area contributed by atoms with E-state index in [9.17, 15) is 18.3 Å². The Bertz CT molecular complexity index is 369. The Morgan fingerprint density at radius 1 is 1.33 bits per heavy atom. The first-order chi connectivity index (χ1) is 8.45.